The zero-order valence-electron chi connectivity index (χ0n) is 27.8. The molecule has 3 aliphatic heterocycles. The molecule has 11 heteroatoms. The zero-order valence-corrected chi connectivity index (χ0v) is 27.8. The highest BCUT2D eigenvalue weighted by Gasteiger charge is 2.46. The van der Waals surface area contributed by atoms with Crippen molar-refractivity contribution in [3.05, 3.63) is 106 Å². The van der Waals surface area contributed by atoms with E-state index in [9.17, 15) is 18.4 Å². The number of methoxy groups -OCH3 is 2. The molecule has 0 spiro atoms. The number of nitrogens with zero attached hydrogens (tertiary/aromatic N) is 4. The third-order valence-electron chi connectivity index (χ3n) is 10.1. The molecule has 2 saturated heterocycles. The van der Waals surface area contributed by atoms with Crippen molar-refractivity contribution in [3.8, 4) is 22.9 Å². The van der Waals surface area contributed by atoms with E-state index in [1.54, 1.807) is 31.3 Å². The van der Waals surface area contributed by atoms with Crippen molar-refractivity contribution in [2.45, 2.75) is 57.2 Å². The van der Waals surface area contributed by atoms with Crippen molar-refractivity contribution >= 4 is 11.8 Å². The molecule has 1 unspecified atom stereocenters. The molecule has 4 aromatic rings. The monoisotopic (exact) mass is 668 g/mol. The third-order valence-corrected chi connectivity index (χ3v) is 10.1. The number of benzene rings is 3. The normalized spacial score (nSPS) is 19.4. The first-order valence-electron chi connectivity index (χ1n) is 16.5. The van der Waals surface area contributed by atoms with E-state index in [-0.39, 0.29) is 48.8 Å². The van der Waals surface area contributed by atoms with Gasteiger partial charge in [-0.25, -0.2) is 18.7 Å². The molecule has 0 aliphatic carbocycles. The number of hydrogen-bond donors (Lipinski definition) is 0. The summed E-state index contributed by atoms with van der Waals surface area (Å²) in [5.74, 6) is -0.652. The van der Waals surface area contributed by atoms with E-state index in [2.05, 4.69) is 9.97 Å². The summed E-state index contributed by atoms with van der Waals surface area (Å²) in [5.41, 5.74) is 2.64. The largest absolute Gasteiger partial charge is 0.497 e. The molecule has 9 nitrogen and oxygen atoms in total. The Bertz CT molecular complexity index is 1890. The average molecular weight is 669 g/mol. The standard InChI is InChI=1S/C38H38F2N4O5/c1-38(15-16-44(37(38)46)26-13-17-49-18-14-26)25-10-7-23(8-11-25)19-30-34-31(42-35(41-30)33-28(39)5-4-6-29(33)40)22-43(36(34)45)21-24-9-12-27(47-2)20-32(24)48-3/h4-12,20,26H,13-19,21-22H2,1-3H3. The lowest BCUT2D eigenvalue weighted by Crippen LogP contribution is -2.44. The Morgan fingerprint density at radius 1 is 0.939 bits per heavy atom. The number of carbonyl (C=O) groups excluding carboxylic acids is 2. The topological polar surface area (TPSA) is 94.1 Å². The zero-order chi connectivity index (χ0) is 34.3. The van der Waals surface area contributed by atoms with Gasteiger partial charge in [0.05, 0.1) is 55.2 Å². The molecule has 1 aromatic heterocycles. The summed E-state index contributed by atoms with van der Waals surface area (Å²) in [6.07, 6.45) is 2.65. The minimum Gasteiger partial charge on any atom is -0.497 e. The van der Waals surface area contributed by atoms with Crippen LogP contribution in [0.15, 0.2) is 60.7 Å². The van der Waals surface area contributed by atoms with Crippen LogP contribution >= 0.6 is 0 Å². The number of halogens is 2. The van der Waals surface area contributed by atoms with Gasteiger partial charge in [0, 0.05) is 43.9 Å². The average Bonchev–Trinajstić information content (AvgIpc) is 3.60. The predicted octanol–water partition coefficient (Wildman–Crippen LogP) is 5.85. The van der Waals surface area contributed by atoms with Gasteiger partial charge in [-0.3, -0.25) is 9.59 Å². The first-order valence-corrected chi connectivity index (χ1v) is 16.5. The van der Waals surface area contributed by atoms with Gasteiger partial charge >= 0.3 is 0 Å². The molecule has 1 atom stereocenters. The lowest BCUT2D eigenvalue weighted by Gasteiger charge is -2.33. The van der Waals surface area contributed by atoms with Crippen LogP contribution in [0.25, 0.3) is 11.4 Å². The summed E-state index contributed by atoms with van der Waals surface area (Å²) in [4.78, 5) is 40.4. The number of ether oxygens (including phenoxy) is 3. The smallest absolute Gasteiger partial charge is 0.258 e. The molecule has 254 valence electrons. The van der Waals surface area contributed by atoms with E-state index in [4.69, 9.17) is 14.2 Å². The molecule has 2 fully saturated rings. The van der Waals surface area contributed by atoms with Crippen LogP contribution < -0.4 is 9.47 Å². The molecule has 7 rings (SSSR count). The van der Waals surface area contributed by atoms with Gasteiger partial charge in [0.1, 0.15) is 23.1 Å². The highest BCUT2D eigenvalue weighted by atomic mass is 19.1. The first kappa shape index (κ1) is 32.6. The van der Waals surface area contributed by atoms with Crippen LogP contribution in [0.1, 0.15) is 64.6 Å². The molecule has 0 saturated carbocycles. The summed E-state index contributed by atoms with van der Waals surface area (Å²) in [7, 11) is 3.11. The fourth-order valence-corrected chi connectivity index (χ4v) is 7.26. The lowest BCUT2D eigenvalue weighted by molar-refractivity contribution is -0.135. The van der Waals surface area contributed by atoms with Crippen LogP contribution in [0.4, 0.5) is 8.78 Å². The molecule has 3 aliphatic rings. The number of aromatic nitrogens is 2. The van der Waals surface area contributed by atoms with Crippen LogP contribution in [-0.4, -0.2) is 71.6 Å². The summed E-state index contributed by atoms with van der Waals surface area (Å²) in [5, 5.41) is 0. The van der Waals surface area contributed by atoms with Crippen molar-refractivity contribution in [2.75, 3.05) is 34.0 Å². The third kappa shape index (κ3) is 6.01. The van der Waals surface area contributed by atoms with E-state index in [1.165, 1.54) is 6.07 Å². The van der Waals surface area contributed by atoms with Crippen molar-refractivity contribution in [3.63, 3.8) is 0 Å². The van der Waals surface area contributed by atoms with E-state index < -0.39 is 17.0 Å². The van der Waals surface area contributed by atoms with Crippen molar-refractivity contribution in [1.29, 1.82) is 0 Å². The number of hydrogen-bond acceptors (Lipinski definition) is 7. The van der Waals surface area contributed by atoms with Crippen molar-refractivity contribution < 1.29 is 32.6 Å². The number of fused-ring (bicyclic) bond motifs is 1. The van der Waals surface area contributed by atoms with Crippen LogP contribution in [0, 0.1) is 11.6 Å². The fourth-order valence-electron chi connectivity index (χ4n) is 7.26. The Morgan fingerprint density at radius 3 is 2.37 bits per heavy atom. The van der Waals surface area contributed by atoms with Gasteiger partial charge in [0.15, 0.2) is 5.82 Å². The number of rotatable bonds is 9. The van der Waals surface area contributed by atoms with Gasteiger partial charge in [0.2, 0.25) is 5.91 Å². The molecule has 2 amide bonds. The summed E-state index contributed by atoms with van der Waals surface area (Å²) >= 11 is 0. The molecule has 0 N–H and O–H groups in total. The quantitative estimate of drug-likeness (QED) is 0.221. The second-order valence-electron chi connectivity index (χ2n) is 13.0. The minimum absolute atomic E-state index is 0.116. The molecule has 49 heavy (non-hydrogen) atoms. The van der Waals surface area contributed by atoms with Gasteiger partial charge in [-0.2, -0.15) is 0 Å². The molecule has 0 radical (unpaired) electrons. The fraction of sp³-hybridized carbons (Fsp3) is 0.368. The molecule has 0 bridgehead atoms. The second kappa shape index (κ2) is 13.2. The Morgan fingerprint density at radius 2 is 1.67 bits per heavy atom. The van der Waals surface area contributed by atoms with Crippen molar-refractivity contribution in [1.82, 2.24) is 19.8 Å². The number of likely N-dealkylation sites (tertiary alicyclic amines) is 1. The molecular weight excluding hydrogens is 630 g/mol. The van der Waals surface area contributed by atoms with Crippen LogP contribution in [0.3, 0.4) is 0 Å². The molecular formula is C38H38F2N4O5. The maximum Gasteiger partial charge on any atom is 0.258 e. The van der Waals surface area contributed by atoms with Gasteiger partial charge in [-0.15, -0.1) is 0 Å². The predicted molar refractivity (Wildman–Crippen MR) is 177 cm³/mol. The molecule has 4 heterocycles. The van der Waals surface area contributed by atoms with E-state index >= 15 is 0 Å². The summed E-state index contributed by atoms with van der Waals surface area (Å²) in [6, 6.07) is 17.0. The summed E-state index contributed by atoms with van der Waals surface area (Å²) < 4.78 is 46.3. The van der Waals surface area contributed by atoms with E-state index in [0.717, 1.165) is 48.1 Å². The lowest BCUT2D eigenvalue weighted by atomic mass is 9.80. The number of amides is 2. The SMILES string of the molecule is COc1ccc(CN2Cc3nc(-c4c(F)cccc4F)nc(Cc4ccc(C5(C)CCN(C6CCOCC6)C5=O)cc4)c3C2=O)c(OC)c1. The highest BCUT2D eigenvalue weighted by molar-refractivity contribution is 5.99. The highest BCUT2D eigenvalue weighted by Crippen LogP contribution is 2.39. The molecule has 3 aromatic carbocycles. The Labute approximate surface area is 283 Å². The van der Waals surface area contributed by atoms with E-state index in [1.807, 2.05) is 42.2 Å². The first-order chi connectivity index (χ1) is 23.7. The maximum atomic E-state index is 15.0. The van der Waals surface area contributed by atoms with Crippen LogP contribution in [0.5, 0.6) is 11.5 Å². The number of carbonyl (C=O) groups is 2. The van der Waals surface area contributed by atoms with Crippen LogP contribution in [0.2, 0.25) is 0 Å². The van der Waals surface area contributed by atoms with E-state index in [0.29, 0.717) is 48.2 Å². The Hall–Kier alpha value is -4.90. The second-order valence-corrected chi connectivity index (χ2v) is 13.0. The van der Waals surface area contributed by atoms with Gasteiger partial charge in [-0.1, -0.05) is 30.3 Å². The van der Waals surface area contributed by atoms with Crippen molar-refractivity contribution in [2.24, 2.45) is 0 Å². The minimum atomic E-state index is -0.788. The van der Waals surface area contributed by atoms with Gasteiger partial charge < -0.3 is 24.0 Å². The summed E-state index contributed by atoms with van der Waals surface area (Å²) in [6.45, 7) is 4.41. The van der Waals surface area contributed by atoms with Crippen LogP contribution in [-0.2, 0) is 34.5 Å². The maximum absolute atomic E-state index is 15.0. The van der Waals surface area contributed by atoms with Gasteiger partial charge in [0.25, 0.3) is 5.91 Å². The Kier molecular flexibility index (Phi) is 8.79. The Balaban J connectivity index is 1.19. The van der Waals surface area contributed by atoms with Gasteiger partial charge in [-0.05, 0) is 61.6 Å².